The molecule has 118 valence electrons. The van der Waals surface area contributed by atoms with Crippen LogP contribution in [0.15, 0.2) is 24.4 Å². The van der Waals surface area contributed by atoms with Crippen LogP contribution in [0.1, 0.15) is 16.1 Å². The highest BCUT2D eigenvalue weighted by atomic mass is 35.5. The normalized spacial score (nSPS) is 10.4. The molecule has 0 radical (unpaired) electrons. The van der Waals surface area contributed by atoms with E-state index >= 15 is 0 Å². The molecule has 1 amide bonds. The van der Waals surface area contributed by atoms with Gasteiger partial charge in [-0.1, -0.05) is 11.6 Å². The van der Waals surface area contributed by atoms with Crippen LogP contribution in [0.3, 0.4) is 0 Å². The summed E-state index contributed by atoms with van der Waals surface area (Å²) in [5, 5.41) is 4.59. The second kappa shape index (κ2) is 6.70. The van der Waals surface area contributed by atoms with Gasteiger partial charge in [0.05, 0.1) is 43.2 Å². The van der Waals surface area contributed by atoms with E-state index in [9.17, 15) is 4.79 Å². The summed E-state index contributed by atoms with van der Waals surface area (Å²) >= 11 is 6.08. The van der Waals surface area contributed by atoms with Crippen molar-refractivity contribution in [1.82, 2.24) is 14.7 Å². The number of hydrogen-bond donors (Lipinski definition) is 0. The average Bonchev–Trinajstić information content (AvgIpc) is 2.85. The number of ether oxygens (including phenoxy) is 2. The van der Waals surface area contributed by atoms with Gasteiger partial charge < -0.3 is 14.4 Å². The number of aromatic nitrogens is 2. The summed E-state index contributed by atoms with van der Waals surface area (Å²) in [6.07, 6.45) is 1.56. The summed E-state index contributed by atoms with van der Waals surface area (Å²) in [6.45, 7) is 0.351. The molecule has 0 atom stereocenters. The Kier molecular flexibility index (Phi) is 4.92. The fraction of sp³-hybridized carbons (Fsp3) is 0.333. The molecule has 0 bridgehead atoms. The van der Waals surface area contributed by atoms with Gasteiger partial charge in [-0.25, -0.2) is 0 Å². The Morgan fingerprint density at radius 1 is 1.36 bits per heavy atom. The molecule has 22 heavy (non-hydrogen) atoms. The van der Waals surface area contributed by atoms with Gasteiger partial charge in [0.2, 0.25) is 0 Å². The second-order valence-corrected chi connectivity index (χ2v) is 5.20. The standard InChI is InChI=1S/C15H18ClN3O3/c1-18(9-13-12(16)8-17-19(13)2)15(20)11-6-5-10(21-3)7-14(11)22-4/h5-8H,9H2,1-4H3. The molecule has 2 aromatic rings. The van der Waals surface area contributed by atoms with E-state index in [0.29, 0.717) is 28.6 Å². The van der Waals surface area contributed by atoms with Gasteiger partial charge in [-0.2, -0.15) is 5.10 Å². The van der Waals surface area contributed by atoms with Crippen LogP contribution in [0.5, 0.6) is 11.5 Å². The van der Waals surface area contributed by atoms with Gasteiger partial charge in [0, 0.05) is 20.2 Å². The molecular formula is C15H18ClN3O3. The first-order valence-corrected chi connectivity index (χ1v) is 6.99. The first-order valence-electron chi connectivity index (χ1n) is 6.61. The molecule has 2 rings (SSSR count). The highest BCUT2D eigenvalue weighted by Gasteiger charge is 2.19. The number of nitrogens with zero attached hydrogens (tertiary/aromatic N) is 3. The molecule has 0 unspecified atom stereocenters. The molecule has 0 aliphatic rings. The van der Waals surface area contributed by atoms with Crippen molar-refractivity contribution in [3.63, 3.8) is 0 Å². The molecule has 7 heteroatoms. The monoisotopic (exact) mass is 323 g/mol. The number of amides is 1. The van der Waals surface area contributed by atoms with Crippen molar-refractivity contribution < 1.29 is 14.3 Å². The van der Waals surface area contributed by atoms with Gasteiger partial charge in [-0.05, 0) is 12.1 Å². The van der Waals surface area contributed by atoms with Crippen LogP contribution in [-0.2, 0) is 13.6 Å². The summed E-state index contributed by atoms with van der Waals surface area (Å²) in [4.78, 5) is 14.2. The molecule has 1 aromatic carbocycles. The van der Waals surface area contributed by atoms with Crippen molar-refractivity contribution in [3.05, 3.63) is 40.7 Å². The lowest BCUT2D eigenvalue weighted by atomic mass is 10.1. The molecule has 6 nitrogen and oxygen atoms in total. The number of rotatable bonds is 5. The Labute approximate surface area is 134 Å². The van der Waals surface area contributed by atoms with Gasteiger partial charge >= 0.3 is 0 Å². The van der Waals surface area contributed by atoms with Crippen LogP contribution in [-0.4, -0.2) is 41.9 Å². The van der Waals surface area contributed by atoms with E-state index in [1.807, 2.05) is 0 Å². The number of hydrogen-bond acceptors (Lipinski definition) is 4. The molecular weight excluding hydrogens is 306 g/mol. The topological polar surface area (TPSA) is 56.6 Å². The number of aryl methyl sites for hydroxylation is 1. The number of benzene rings is 1. The minimum Gasteiger partial charge on any atom is -0.497 e. The van der Waals surface area contributed by atoms with Crippen molar-refractivity contribution in [2.45, 2.75) is 6.54 Å². The van der Waals surface area contributed by atoms with Gasteiger partial charge in [-0.3, -0.25) is 9.48 Å². The van der Waals surface area contributed by atoms with Crippen LogP contribution in [0.25, 0.3) is 0 Å². The van der Waals surface area contributed by atoms with Crippen LogP contribution in [0.4, 0.5) is 0 Å². The van der Waals surface area contributed by atoms with Crippen LogP contribution in [0, 0.1) is 0 Å². The number of carbonyl (C=O) groups is 1. The van der Waals surface area contributed by atoms with E-state index in [0.717, 1.165) is 5.69 Å². The van der Waals surface area contributed by atoms with E-state index in [2.05, 4.69) is 5.10 Å². The van der Waals surface area contributed by atoms with E-state index in [1.165, 1.54) is 7.11 Å². The Hall–Kier alpha value is -2.21. The summed E-state index contributed by atoms with van der Waals surface area (Å²) < 4.78 is 12.1. The third-order valence-electron chi connectivity index (χ3n) is 3.38. The number of halogens is 1. The summed E-state index contributed by atoms with van der Waals surface area (Å²) in [6, 6.07) is 5.08. The van der Waals surface area contributed by atoms with E-state index in [4.69, 9.17) is 21.1 Å². The smallest absolute Gasteiger partial charge is 0.257 e. The van der Waals surface area contributed by atoms with Crippen molar-refractivity contribution in [2.24, 2.45) is 7.05 Å². The second-order valence-electron chi connectivity index (χ2n) is 4.79. The SMILES string of the molecule is COc1ccc(C(=O)N(C)Cc2c(Cl)cnn2C)c(OC)c1. The Morgan fingerprint density at radius 2 is 2.09 bits per heavy atom. The Morgan fingerprint density at radius 3 is 2.64 bits per heavy atom. The van der Waals surface area contributed by atoms with Crippen molar-refractivity contribution >= 4 is 17.5 Å². The van der Waals surface area contributed by atoms with Crippen LogP contribution in [0.2, 0.25) is 5.02 Å². The van der Waals surface area contributed by atoms with Gasteiger partial charge in [0.15, 0.2) is 0 Å². The highest BCUT2D eigenvalue weighted by Crippen LogP contribution is 2.26. The zero-order chi connectivity index (χ0) is 16.3. The first-order chi connectivity index (χ1) is 10.5. The Bertz CT molecular complexity index is 665. The average molecular weight is 324 g/mol. The molecule has 0 fully saturated rings. The molecule has 0 N–H and O–H groups in total. The van der Waals surface area contributed by atoms with Gasteiger partial charge in [0.1, 0.15) is 11.5 Å². The van der Waals surface area contributed by atoms with Gasteiger partial charge in [0.25, 0.3) is 5.91 Å². The summed E-state index contributed by atoms with van der Waals surface area (Å²) in [5.74, 6) is 0.926. The third-order valence-corrected chi connectivity index (χ3v) is 3.70. The van der Waals surface area contributed by atoms with Crippen LogP contribution >= 0.6 is 11.6 Å². The van der Waals surface area contributed by atoms with Crippen molar-refractivity contribution in [2.75, 3.05) is 21.3 Å². The van der Waals surface area contributed by atoms with E-state index in [-0.39, 0.29) is 5.91 Å². The van der Waals surface area contributed by atoms with Gasteiger partial charge in [-0.15, -0.1) is 0 Å². The van der Waals surface area contributed by atoms with Crippen molar-refractivity contribution in [3.8, 4) is 11.5 Å². The fourth-order valence-electron chi connectivity index (χ4n) is 2.09. The molecule has 0 saturated heterocycles. The lowest BCUT2D eigenvalue weighted by Crippen LogP contribution is -2.27. The quantitative estimate of drug-likeness (QED) is 0.847. The lowest BCUT2D eigenvalue weighted by Gasteiger charge is -2.19. The maximum atomic E-state index is 12.6. The zero-order valence-corrected chi connectivity index (χ0v) is 13.7. The van der Waals surface area contributed by atoms with Crippen LogP contribution < -0.4 is 9.47 Å². The summed E-state index contributed by atoms with van der Waals surface area (Å²) in [7, 11) is 6.57. The van der Waals surface area contributed by atoms with Crippen molar-refractivity contribution in [1.29, 1.82) is 0 Å². The minimum absolute atomic E-state index is 0.170. The summed E-state index contributed by atoms with van der Waals surface area (Å²) in [5.41, 5.74) is 1.23. The predicted octanol–water partition coefficient (Wildman–Crippen LogP) is 2.36. The zero-order valence-electron chi connectivity index (χ0n) is 13.0. The minimum atomic E-state index is -0.170. The van der Waals surface area contributed by atoms with E-state index in [1.54, 1.807) is 55.2 Å². The molecule has 0 spiro atoms. The maximum Gasteiger partial charge on any atom is 0.257 e. The maximum absolute atomic E-state index is 12.6. The number of carbonyl (C=O) groups excluding carboxylic acids is 1. The van der Waals surface area contributed by atoms with E-state index < -0.39 is 0 Å². The first kappa shape index (κ1) is 16.2. The third kappa shape index (κ3) is 3.17. The molecule has 1 aromatic heterocycles. The molecule has 1 heterocycles. The molecule has 0 aliphatic heterocycles. The lowest BCUT2D eigenvalue weighted by molar-refractivity contribution is 0.0778. The Balaban J connectivity index is 2.24. The highest BCUT2D eigenvalue weighted by molar-refractivity contribution is 6.31. The fourth-order valence-corrected chi connectivity index (χ4v) is 2.32. The molecule has 0 saturated carbocycles. The predicted molar refractivity (Wildman–Crippen MR) is 83.6 cm³/mol. The number of methoxy groups -OCH3 is 2. The largest absolute Gasteiger partial charge is 0.497 e. The molecule has 0 aliphatic carbocycles.